The third-order valence-electron chi connectivity index (χ3n) is 4.49. The van der Waals surface area contributed by atoms with Crippen molar-refractivity contribution in [2.24, 2.45) is 5.73 Å². The summed E-state index contributed by atoms with van der Waals surface area (Å²) in [6.07, 6.45) is 3.41. The molecule has 1 aromatic heterocycles. The molecule has 8 heteroatoms. The number of primary amides is 1. The summed E-state index contributed by atoms with van der Waals surface area (Å²) >= 11 is 0. The quantitative estimate of drug-likeness (QED) is 0.773. The first kappa shape index (κ1) is 19.8. The van der Waals surface area contributed by atoms with Gasteiger partial charge in [0.25, 0.3) is 0 Å². The number of morpholine rings is 1. The number of rotatable bonds is 7. The Hall–Kier alpha value is -3.00. The monoisotopic (exact) mass is 387 g/mol. The summed E-state index contributed by atoms with van der Waals surface area (Å²) < 4.78 is 24.6. The molecule has 1 saturated heterocycles. The van der Waals surface area contributed by atoms with Gasteiger partial charge in [-0.3, -0.25) is 14.6 Å². The van der Waals surface area contributed by atoms with Crippen molar-refractivity contribution in [1.29, 1.82) is 0 Å². The lowest BCUT2D eigenvalue weighted by atomic mass is 9.97. The molecular formula is C20H22FN3O4. The molecule has 1 unspecified atom stereocenters. The summed E-state index contributed by atoms with van der Waals surface area (Å²) in [5.74, 6) is -0.580. The van der Waals surface area contributed by atoms with Crippen LogP contribution in [0.5, 0.6) is 5.75 Å². The Morgan fingerprint density at radius 3 is 2.75 bits per heavy atom. The fourth-order valence-electron chi connectivity index (χ4n) is 3.16. The number of aromatic nitrogens is 1. The number of nitrogens with zero attached hydrogens (tertiary/aromatic N) is 2. The number of amides is 2. The second-order valence-electron chi connectivity index (χ2n) is 6.77. The minimum atomic E-state index is -1.05. The van der Waals surface area contributed by atoms with Crippen molar-refractivity contribution in [3.63, 3.8) is 0 Å². The van der Waals surface area contributed by atoms with Crippen LogP contribution in [0.1, 0.15) is 12.0 Å². The molecule has 2 heterocycles. The SMILES string of the molecule is NC(=O)CC1(COc2ccc(F)cc2)CN(C(=O)Cc2cccnc2)CCO1. The molecule has 1 atom stereocenters. The van der Waals surface area contributed by atoms with Crippen LogP contribution >= 0.6 is 0 Å². The molecule has 0 bridgehead atoms. The standard InChI is InChI=1S/C20H22FN3O4/c21-16-3-5-17(6-4-16)27-14-20(11-18(22)25)13-24(8-9-28-20)19(26)10-15-2-1-7-23-12-15/h1-7,12H,8-11,13-14H2,(H2,22,25). The highest BCUT2D eigenvalue weighted by Crippen LogP contribution is 2.25. The van der Waals surface area contributed by atoms with E-state index in [0.717, 1.165) is 5.56 Å². The summed E-state index contributed by atoms with van der Waals surface area (Å²) in [4.78, 5) is 30.0. The van der Waals surface area contributed by atoms with E-state index in [2.05, 4.69) is 4.98 Å². The van der Waals surface area contributed by atoms with Crippen LogP contribution in [0.2, 0.25) is 0 Å². The number of halogens is 1. The van der Waals surface area contributed by atoms with Crippen molar-refractivity contribution < 1.29 is 23.5 Å². The fourth-order valence-corrected chi connectivity index (χ4v) is 3.16. The van der Waals surface area contributed by atoms with Gasteiger partial charge in [0.05, 0.1) is 26.0 Å². The van der Waals surface area contributed by atoms with Gasteiger partial charge in [-0.15, -0.1) is 0 Å². The van der Waals surface area contributed by atoms with E-state index in [1.807, 2.05) is 6.07 Å². The molecule has 1 aromatic carbocycles. The maximum atomic E-state index is 13.1. The second-order valence-corrected chi connectivity index (χ2v) is 6.77. The number of benzene rings is 1. The number of carbonyl (C=O) groups excluding carboxylic acids is 2. The summed E-state index contributed by atoms with van der Waals surface area (Å²) in [5, 5.41) is 0. The van der Waals surface area contributed by atoms with Crippen molar-refractivity contribution in [3.8, 4) is 5.75 Å². The normalized spacial score (nSPS) is 19.2. The van der Waals surface area contributed by atoms with Gasteiger partial charge in [-0.05, 0) is 35.9 Å². The predicted molar refractivity (Wildman–Crippen MR) is 98.9 cm³/mol. The molecular weight excluding hydrogens is 365 g/mol. The summed E-state index contributed by atoms with van der Waals surface area (Å²) in [6.45, 7) is 0.865. The Labute approximate surface area is 162 Å². The molecule has 0 saturated carbocycles. The van der Waals surface area contributed by atoms with E-state index < -0.39 is 11.5 Å². The van der Waals surface area contributed by atoms with Crippen molar-refractivity contribution in [1.82, 2.24) is 9.88 Å². The zero-order valence-corrected chi connectivity index (χ0v) is 15.3. The zero-order chi connectivity index (χ0) is 20.0. The van der Waals surface area contributed by atoms with E-state index in [-0.39, 0.29) is 44.3 Å². The Kier molecular flexibility index (Phi) is 6.20. The molecule has 2 amide bonds. The van der Waals surface area contributed by atoms with Gasteiger partial charge in [0.1, 0.15) is 23.8 Å². The highest BCUT2D eigenvalue weighted by Gasteiger charge is 2.40. The number of nitrogens with two attached hydrogens (primary N) is 1. The van der Waals surface area contributed by atoms with Gasteiger partial charge in [-0.1, -0.05) is 6.07 Å². The van der Waals surface area contributed by atoms with Gasteiger partial charge in [0, 0.05) is 18.9 Å². The van der Waals surface area contributed by atoms with E-state index in [4.69, 9.17) is 15.2 Å². The third-order valence-corrected chi connectivity index (χ3v) is 4.49. The molecule has 3 rings (SSSR count). The average Bonchev–Trinajstić information content (AvgIpc) is 2.68. The summed E-state index contributed by atoms with van der Waals surface area (Å²) in [5.41, 5.74) is 5.16. The van der Waals surface area contributed by atoms with Crippen molar-refractivity contribution in [3.05, 3.63) is 60.2 Å². The molecule has 1 fully saturated rings. The molecule has 1 aliphatic heterocycles. The lowest BCUT2D eigenvalue weighted by Gasteiger charge is -2.42. The third kappa shape index (κ3) is 5.26. The van der Waals surface area contributed by atoms with Crippen LogP contribution in [0.15, 0.2) is 48.8 Å². The minimum Gasteiger partial charge on any atom is -0.490 e. The Morgan fingerprint density at radius 1 is 1.29 bits per heavy atom. The van der Waals surface area contributed by atoms with Crippen LogP contribution in [-0.4, -0.2) is 53.6 Å². The maximum absolute atomic E-state index is 13.1. The number of hydrogen-bond donors (Lipinski definition) is 1. The lowest BCUT2D eigenvalue weighted by molar-refractivity contribution is -0.161. The van der Waals surface area contributed by atoms with Crippen LogP contribution in [0.3, 0.4) is 0 Å². The minimum absolute atomic E-state index is 0.0121. The van der Waals surface area contributed by atoms with Crippen LogP contribution in [0.4, 0.5) is 4.39 Å². The molecule has 7 nitrogen and oxygen atoms in total. The van der Waals surface area contributed by atoms with Gasteiger partial charge in [-0.2, -0.15) is 0 Å². The van der Waals surface area contributed by atoms with Crippen LogP contribution in [0.25, 0.3) is 0 Å². The molecule has 0 radical (unpaired) electrons. The summed E-state index contributed by atoms with van der Waals surface area (Å²) in [7, 11) is 0. The van der Waals surface area contributed by atoms with Gasteiger partial charge in [0.2, 0.25) is 11.8 Å². The van der Waals surface area contributed by atoms with Gasteiger partial charge in [0.15, 0.2) is 0 Å². The largest absolute Gasteiger partial charge is 0.490 e. The fraction of sp³-hybridized carbons (Fsp3) is 0.350. The van der Waals surface area contributed by atoms with Crippen LogP contribution < -0.4 is 10.5 Å². The van der Waals surface area contributed by atoms with Crippen molar-refractivity contribution in [2.75, 3.05) is 26.3 Å². The highest BCUT2D eigenvalue weighted by atomic mass is 19.1. The first-order valence-corrected chi connectivity index (χ1v) is 8.93. The van der Waals surface area contributed by atoms with Gasteiger partial charge < -0.3 is 20.1 Å². The van der Waals surface area contributed by atoms with Crippen molar-refractivity contribution >= 4 is 11.8 Å². The molecule has 148 valence electrons. The van der Waals surface area contributed by atoms with Crippen LogP contribution in [0, 0.1) is 5.82 Å². The molecule has 28 heavy (non-hydrogen) atoms. The predicted octanol–water partition coefficient (Wildman–Crippen LogP) is 1.32. The zero-order valence-electron chi connectivity index (χ0n) is 15.3. The summed E-state index contributed by atoms with van der Waals surface area (Å²) in [6, 6.07) is 9.14. The number of ether oxygens (including phenoxy) is 2. The Bertz CT molecular complexity index is 816. The smallest absolute Gasteiger partial charge is 0.227 e. The van der Waals surface area contributed by atoms with E-state index in [9.17, 15) is 14.0 Å². The average molecular weight is 387 g/mol. The molecule has 0 spiro atoms. The molecule has 1 aliphatic rings. The number of carbonyl (C=O) groups is 2. The van der Waals surface area contributed by atoms with E-state index in [1.165, 1.54) is 24.3 Å². The van der Waals surface area contributed by atoms with Crippen molar-refractivity contribution in [2.45, 2.75) is 18.4 Å². The molecule has 2 N–H and O–H groups in total. The van der Waals surface area contributed by atoms with E-state index in [1.54, 1.807) is 23.4 Å². The number of pyridine rings is 1. The van der Waals surface area contributed by atoms with E-state index >= 15 is 0 Å². The number of hydrogen-bond acceptors (Lipinski definition) is 5. The Morgan fingerprint density at radius 2 is 2.07 bits per heavy atom. The topological polar surface area (TPSA) is 94.8 Å². The lowest BCUT2D eigenvalue weighted by Crippen LogP contribution is -2.58. The highest BCUT2D eigenvalue weighted by molar-refractivity contribution is 5.79. The van der Waals surface area contributed by atoms with Gasteiger partial charge >= 0.3 is 0 Å². The van der Waals surface area contributed by atoms with Gasteiger partial charge in [-0.25, -0.2) is 4.39 Å². The van der Waals surface area contributed by atoms with Crippen LogP contribution in [-0.2, 0) is 20.7 Å². The second kappa shape index (κ2) is 8.79. The first-order chi connectivity index (χ1) is 13.5. The molecule has 0 aliphatic carbocycles. The van der Waals surface area contributed by atoms with E-state index in [0.29, 0.717) is 12.3 Å². The first-order valence-electron chi connectivity index (χ1n) is 8.93. The maximum Gasteiger partial charge on any atom is 0.227 e. The Balaban J connectivity index is 1.69. The molecule has 2 aromatic rings.